The molecule has 0 atom stereocenters. The normalized spacial score (nSPS) is 10.5. The molecule has 1 aromatic rings. The summed E-state index contributed by atoms with van der Waals surface area (Å²) in [6.45, 7) is 4.25. The van der Waals surface area contributed by atoms with Gasteiger partial charge in [-0.25, -0.2) is 0 Å². The summed E-state index contributed by atoms with van der Waals surface area (Å²) in [6, 6.07) is 7.68. The molecule has 0 bridgehead atoms. The van der Waals surface area contributed by atoms with Crippen LogP contribution >= 0.6 is 15.9 Å². The van der Waals surface area contributed by atoms with Crippen LogP contribution in [0.25, 0.3) is 0 Å². The predicted molar refractivity (Wildman–Crippen MR) is 55.9 cm³/mol. The molecule has 1 aromatic carbocycles. The Kier molecular flexibility index (Phi) is 4.25. The van der Waals surface area contributed by atoms with Gasteiger partial charge in [0.15, 0.2) is 6.79 Å². The summed E-state index contributed by atoms with van der Waals surface area (Å²) in [6.07, 6.45) is 0.201. The molecule has 72 valence electrons. The smallest absolute Gasteiger partial charge is 0.189 e. The third-order valence-corrected chi connectivity index (χ3v) is 1.92. The van der Waals surface area contributed by atoms with Crippen LogP contribution in [0, 0.1) is 0 Å². The van der Waals surface area contributed by atoms with Crippen LogP contribution in [0.5, 0.6) is 5.75 Å². The van der Waals surface area contributed by atoms with Gasteiger partial charge in [-0.3, -0.25) is 0 Å². The number of benzene rings is 1. The van der Waals surface area contributed by atoms with Crippen LogP contribution in [0.15, 0.2) is 28.7 Å². The molecule has 0 fully saturated rings. The van der Waals surface area contributed by atoms with Crippen molar-refractivity contribution < 1.29 is 9.47 Å². The zero-order chi connectivity index (χ0) is 9.68. The Morgan fingerprint density at radius 1 is 1.38 bits per heavy atom. The molecule has 0 aliphatic carbocycles. The van der Waals surface area contributed by atoms with E-state index in [1.165, 1.54) is 0 Å². The van der Waals surface area contributed by atoms with Crippen molar-refractivity contribution in [2.24, 2.45) is 0 Å². The number of ether oxygens (including phenoxy) is 2. The molecule has 0 saturated heterocycles. The Hall–Kier alpha value is -0.540. The highest BCUT2D eigenvalue weighted by atomic mass is 79.9. The molecule has 0 amide bonds. The molecule has 3 heteroatoms. The average molecular weight is 245 g/mol. The third kappa shape index (κ3) is 4.29. The van der Waals surface area contributed by atoms with Crippen molar-refractivity contribution >= 4 is 15.9 Å². The molecule has 13 heavy (non-hydrogen) atoms. The van der Waals surface area contributed by atoms with Crippen LogP contribution in [0.3, 0.4) is 0 Å². The van der Waals surface area contributed by atoms with E-state index in [2.05, 4.69) is 15.9 Å². The minimum atomic E-state index is 0.201. The minimum Gasteiger partial charge on any atom is -0.468 e. The van der Waals surface area contributed by atoms with Gasteiger partial charge in [-0.2, -0.15) is 0 Å². The van der Waals surface area contributed by atoms with Crippen LogP contribution in [0.4, 0.5) is 0 Å². The first-order valence-corrected chi connectivity index (χ1v) is 4.98. The monoisotopic (exact) mass is 244 g/mol. The Morgan fingerprint density at radius 2 is 2.15 bits per heavy atom. The molecule has 0 heterocycles. The maximum Gasteiger partial charge on any atom is 0.189 e. The molecule has 1 rings (SSSR count). The van der Waals surface area contributed by atoms with Gasteiger partial charge >= 0.3 is 0 Å². The van der Waals surface area contributed by atoms with Crippen LogP contribution in [-0.4, -0.2) is 12.9 Å². The van der Waals surface area contributed by atoms with Gasteiger partial charge in [0, 0.05) is 4.47 Å². The number of rotatable bonds is 4. The van der Waals surface area contributed by atoms with Gasteiger partial charge in [-0.15, -0.1) is 0 Å². The summed E-state index contributed by atoms with van der Waals surface area (Å²) in [7, 11) is 0. The van der Waals surface area contributed by atoms with Gasteiger partial charge in [0.25, 0.3) is 0 Å². The Bertz CT molecular complexity index is 261. The SMILES string of the molecule is CC(C)OCOc1cccc(Br)c1. The largest absolute Gasteiger partial charge is 0.468 e. The lowest BCUT2D eigenvalue weighted by atomic mass is 10.3. The number of hydrogen-bond acceptors (Lipinski definition) is 2. The second kappa shape index (κ2) is 5.25. The van der Waals surface area contributed by atoms with E-state index in [0.29, 0.717) is 6.79 Å². The van der Waals surface area contributed by atoms with E-state index in [4.69, 9.17) is 9.47 Å². The fraction of sp³-hybridized carbons (Fsp3) is 0.400. The zero-order valence-corrected chi connectivity index (χ0v) is 9.37. The Labute approximate surface area is 87.0 Å². The highest BCUT2D eigenvalue weighted by Gasteiger charge is 1.95. The summed E-state index contributed by atoms with van der Waals surface area (Å²) >= 11 is 3.36. The first kappa shape index (κ1) is 10.5. The quantitative estimate of drug-likeness (QED) is 0.758. The predicted octanol–water partition coefficient (Wildman–Crippen LogP) is 3.21. The van der Waals surface area contributed by atoms with Crippen molar-refractivity contribution in [3.8, 4) is 5.75 Å². The van der Waals surface area contributed by atoms with Gasteiger partial charge in [0.2, 0.25) is 0 Å². The molecule has 0 spiro atoms. The van der Waals surface area contributed by atoms with E-state index in [1.54, 1.807) is 0 Å². The van der Waals surface area contributed by atoms with Crippen LogP contribution < -0.4 is 4.74 Å². The van der Waals surface area contributed by atoms with Crippen molar-refractivity contribution in [1.82, 2.24) is 0 Å². The summed E-state index contributed by atoms with van der Waals surface area (Å²) in [4.78, 5) is 0. The van der Waals surface area contributed by atoms with Gasteiger partial charge in [-0.05, 0) is 32.0 Å². The van der Waals surface area contributed by atoms with Gasteiger partial charge < -0.3 is 9.47 Å². The molecule has 0 saturated carbocycles. The van der Waals surface area contributed by atoms with E-state index in [-0.39, 0.29) is 6.10 Å². The molecular weight excluding hydrogens is 232 g/mol. The second-order valence-electron chi connectivity index (χ2n) is 2.93. The molecule has 0 aromatic heterocycles. The minimum absolute atomic E-state index is 0.201. The molecule has 0 radical (unpaired) electrons. The van der Waals surface area contributed by atoms with Crippen molar-refractivity contribution in [1.29, 1.82) is 0 Å². The summed E-state index contributed by atoms with van der Waals surface area (Å²) < 4.78 is 11.6. The molecule has 0 unspecified atom stereocenters. The van der Waals surface area contributed by atoms with E-state index < -0.39 is 0 Å². The van der Waals surface area contributed by atoms with Crippen molar-refractivity contribution in [2.75, 3.05) is 6.79 Å². The summed E-state index contributed by atoms with van der Waals surface area (Å²) in [5.41, 5.74) is 0. The maximum absolute atomic E-state index is 5.35. The lowest BCUT2D eigenvalue weighted by Crippen LogP contribution is -2.08. The molecule has 0 aliphatic rings. The fourth-order valence-corrected chi connectivity index (χ4v) is 1.17. The van der Waals surface area contributed by atoms with Gasteiger partial charge in [-0.1, -0.05) is 22.0 Å². The van der Waals surface area contributed by atoms with Crippen LogP contribution in [-0.2, 0) is 4.74 Å². The third-order valence-electron chi connectivity index (χ3n) is 1.42. The standard InChI is InChI=1S/C10H13BrO2/c1-8(2)12-7-13-10-5-3-4-9(11)6-10/h3-6,8H,7H2,1-2H3. The highest BCUT2D eigenvalue weighted by molar-refractivity contribution is 9.10. The van der Waals surface area contributed by atoms with Crippen LogP contribution in [0.1, 0.15) is 13.8 Å². The molecule has 2 nitrogen and oxygen atoms in total. The Balaban J connectivity index is 2.37. The van der Waals surface area contributed by atoms with E-state index >= 15 is 0 Å². The first-order valence-electron chi connectivity index (χ1n) is 4.18. The first-order chi connectivity index (χ1) is 6.18. The van der Waals surface area contributed by atoms with Crippen molar-refractivity contribution in [3.63, 3.8) is 0 Å². The maximum atomic E-state index is 5.35. The zero-order valence-electron chi connectivity index (χ0n) is 7.79. The van der Waals surface area contributed by atoms with Crippen molar-refractivity contribution in [3.05, 3.63) is 28.7 Å². The lowest BCUT2D eigenvalue weighted by molar-refractivity contribution is -0.0200. The molecular formula is C10H13BrO2. The van der Waals surface area contributed by atoms with Gasteiger partial charge in [0.1, 0.15) is 5.75 Å². The number of halogens is 1. The van der Waals surface area contributed by atoms with E-state index in [1.807, 2.05) is 38.1 Å². The molecule has 0 N–H and O–H groups in total. The van der Waals surface area contributed by atoms with Crippen molar-refractivity contribution in [2.45, 2.75) is 20.0 Å². The second-order valence-corrected chi connectivity index (χ2v) is 3.85. The Morgan fingerprint density at radius 3 is 2.77 bits per heavy atom. The summed E-state index contributed by atoms with van der Waals surface area (Å²) in [5.74, 6) is 0.815. The fourth-order valence-electron chi connectivity index (χ4n) is 0.795. The number of hydrogen-bond donors (Lipinski definition) is 0. The van der Waals surface area contributed by atoms with Crippen LogP contribution in [0.2, 0.25) is 0 Å². The topological polar surface area (TPSA) is 18.5 Å². The van der Waals surface area contributed by atoms with E-state index in [9.17, 15) is 0 Å². The van der Waals surface area contributed by atoms with E-state index in [0.717, 1.165) is 10.2 Å². The summed E-state index contributed by atoms with van der Waals surface area (Å²) in [5, 5.41) is 0. The lowest BCUT2D eigenvalue weighted by Gasteiger charge is -2.09. The average Bonchev–Trinajstić information content (AvgIpc) is 2.03. The molecule has 0 aliphatic heterocycles. The highest BCUT2D eigenvalue weighted by Crippen LogP contribution is 2.17. The van der Waals surface area contributed by atoms with Gasteiger partial charge in [0.05, 0.1) is 6.10 Å².